The highest BCUT2D eigenvalue weighted by molar-refractivity contribution is 7.11. The largest absolute Gasteiger partial charge is 0.353 e. The maximum atomic E-state index is 11.9. The minimum Gasteiger partial charge on any atom is -0.353 e. The fourth-order valence-electron chi connectivity index (χ4n) is 2.59. The number of carbonyl (C=O) groups excluding carboxylic acids is 1. The average molecular weight is 317 g/mol. The molecule has 3 nitrogen and oxygen atoms in total. The lowest BCUT2D eigenvalue weighted by molar-refractivity contribution is -0.121. The zero-order chi connectivity index (χ0) is 13.7. The number of hydrogen-bond acceptors (Lipinski definition) is 3. The van der Waals surface area contributed by atoms with Gasteiger partial charge in [-0.1, -0.05) is 0 Å². The Hall–Kier alpha value is -0.580. The van der Waals surface area contributed by atoms with Crippen LogP contribution in [-0.4, -0.2) is 25.0 Å². The fourth-order valence-corrected chi connectivity index (χ4v) is 3.61. The Morgan fingerprint density at radius 1 is 1.55 bits per heavy atom. The van der Waals surface area contributed by atoms with Crippen molar-refractivity contribution in [3.05, 3.63) is 21.9 Å². The summed E-state index contributed by atoms with van der Waals surface area (Å²) in [5.41, 5.74) is 0. The topological polar surface area (TPSA) is 41.1 Å². The number of thiophene rings is 1. The maximum Gasteiger partial charge on any atom is 0.220 e. The van der Waals surface area contributed by atoms with Gasteiger partial charge in [0.15, 0.2) is 0 Å². The van der Waals surface area contributed by atoms with Gasteiger partial charge >= 0.3 is 0 Å². The van der Waals surface area contributed by atoms with Gasteiger partial charge in [-0.05, 0) is 57.8 Å². The molecule has 1 amide bonds. The maximum absolute atomic E-state index is 11.9. The molecule has 1 aromatic rings. The van der Waals surface area contributed by atoms with E-state index >= 15 is 0 Å². The Morgan fingerprint density at radius 3 is 2.95 bits per heavy atom. The van der Waals surface area contributed by atoms with Crippen molar-refractivity contribution in [3.8, 4) is 0 Å². The van der Waals surface area contributed by atoms with Crippen LogP contribution in [0.15, 0.2) is 12.1 Å². The molecule has 5 heteroatoms. The molecular weight excluding hydrogens is 292 g/mol. The summed E-state index contributed by atoms with van der Waals surface area (Å²) >= 11 is 1.82. The normalized spacial score (nSPS) is 19.4. The molecule has 2 rings (SSSR count). The van der Waals surface area contributed by atoms with Crippen molar-refractivity contribution in [3.63, 3.8) is 0 Å². The number of carbonyl (C=O) groups is 1. The number of aryl methyl sites for hydroxylation is 1. The van der Waals surface area contributed by atoms with E-state index in [1.165, 1.54) is 16.2 Å². The first-order valence-electron chi connectivity index (χ1n) is 7.19. The van der Waals surface area contributed by atoms with E-state index < -0.39 is 0 Å². The van der Waals surface area contributed by atoms with Gasteiger partial charge in [0.1, 0.15) is 0 Å². The van der Waals surface area contributed by atoms with Gasteiger partial charge in [0.2, 0.25) is 5.91 Å². The minimum absolute atomic E-state index is 0. The number of rotatable bonds is 6. The summed E-state index contributed by atoms with van der Waals surface area (Å²) in [5.74, 6) is 0.897. The van der Waals surface area contributed by atoms with Crippen LogP contribution in [-0.2, 0) is 11.2 Å². The molecule has 2 N–H and O–H groups in total. The van der Waals surface area contributed by atoms with E-state index in [1.807, 2.05) is 11.3 Å². The van der Waals surface area contributed by atoms with Crippen LogP contribution < -0.4 is 10.6 Å². The molecular formula is C15H25ClN2OS. The van der Waals surface area contributed by atoms with Gasteiger partial charge in [-0.2, -0.15) is 0 Å². The number of amides is 1. The van der Waals surface area contributed by atoms with Gasteiger partial charge in [-0.15, -0.1) is 23.7 Å². The van der Waals surface area contributed by atoms with Crippen molar-refractivity contribution < 1.29 is 4.79 Å². The molecule has 0 radical (unpaired) electrons. The summed E-state index contributed by atoms with van der Waals surface area (Å²) in [6.45, 7) is 6.40. The number of nitrogens with one attached hydrogen (secondary N) is 2. The smallest absolute Gasteiger partial charge is 0.220 e. The molecule has 2 atom stereocenters. The molecule has 1 aliphatic rings. The Labute approximate surface area is 131 Å². The van der Waals surface area contributed by atoms with E-state index in [4.69, 9.17) is 0 Å². The Kier molecular flexibility index (Phi) is 7.56. The molecule has 0 saturated carbocycles. The molecule has 1 saturated heterocycles. The molecule has 2 unspecified atom stereocenters. The van der Waals surface area contributed by atoms with Crippen LogP contribution in [0.25, 0.3) is 0 Å². The van der Waals surface area contributed by atoms with Crippen LogP contribution in [0.5, 0.6) is 0 Å². The Balaban J connectivity index is 0.00000200. The van der Waals surface area contributed by atoms with Crippen molar-refractivity contribution >= 4 is 29.7 Å². The summed E-state index contributed by atoms with van der Waals surface area (Å²) in [6.07, 6.45) is 3.84. The first-order chi connectivity index (χ1) is 9.13. The van der Waals surface area contributed by atoms with Gasteiger partial charge in [0.05, 0.1) is 0 Å². The highest BCUT2D eigenvalue weighted by Crippen LogP contribution is 2.17. The van der Waals surface area contributed by atoms with E-state index in [1.54, 1.807) is 0 Å². The first-order valence-corrected chi connectivity index (χ1v) is 8.00. The van der Waals surface area contributed by atoms with Crippen molar-refractivity contribution in [2.75, 3.05) is 13.1 Å². The molecule has 0 bridgehead atoms. The molecule has 0 spiro atoms. The van der Waals surface area contributed by atoms with Gasteiger partial charge in [-0.25, -0.2) is 0 Å². The first kappa shape index (κ1) is 17.5. The van der Waals surface area contributed by atoms with E-state index in [-0.39, 0.29) is 24.4 Å². The fraction of sp³-hybridized carbons (Fsp3) is 0.667. The summed E-state index contributed by atoms with van der Waals surface area (Å²) in [7, 11) is 0. The Bertz CT molecular complexity index is 416. The van der Waals surface area contributed by atoms with Crippen molar-refractivity contribution in [1.82, 2.24) is 10.6 Å². The van der Waals surface area contributed by atoms with Crippen molar-refractivity contribution in [1.29, 1.82) is 0 Å². The van der Waals surface area contributed by atoms with Crippen LogP contribution in [0, 0.1) is 12.8 Å². The average Bonchev–Trinajstić information content (AvgIpc) is 2.98. The van der Waals surface area contributed by atoms with Crippen molar-refractivity contribution in [2.24, 2.45) is 5.92 Å². The molecule has 2 heterocycles. The Morgan fingerprint density at radius 2 is 2.35 bits per heavy atom. The summed E-state index contributed by atoms with van der Waals surface area (Å²) < 4.78 is 0. The van der Waals surface area contributed by atoms with Gasteiger partial charge in [-0.3, -0.25) is 4.79 Å². The molecule has 1 aliphatic heterocycles. The van der Waals surface area contributed by atoms with Crippen LogP contribution in [0.3, 0.4) is 0 Å². The van der Waals surface area contributed by atoms with Gasteiger partial charge < -0.3 is 10.6 Å². The second-order valence-electron chi connectivity index (χ2n) is 5.58. The predicted octanol–water partition coefficient (Wildman–Crippen LogP) is 2.92. The molecule has 0 aromatic carbocycles. The third-order valence-electron chi connectivity index (χ3n) is 3.65. The standard InChI is InChI=1S/C15H24N2OS.ClH/c1-11(9-14-5-3-12(2)19-14)17-15(18)6-4-13-7-8-16-10-13;/h3,5,11,13,16H,4,6-10H2,1-2H3,(H,17,18);1H. The second-order valence-corrected chi connectivity index (χ2v) is 6.95. The van der Waals surface area contributed by atoms with Crippen LogP contribution in [0.4, 0.5) is 0 Å². The summed E-state index contributed by atoms with van der Waals surface area (Å²) in [5, 5.41) is 6.45. The quantitative estimate of drug-likeness (QED) is 0.847. The van der Waals surface area contributed by atoms with Gasteiger partial charge in [0.25, 0.3) is 0 Å². The second kappa shape index (κ2) is 8.65. The zero-order valence-electron chi connectivity index (χ0n) is 12.3. The molecule has 1 fully saturated rings. The molecule has 114 valence electrons. The third-order valence-corrected chi connectivity index (χ3v) is 4.68. The third kappa shape index (κ3) is 5.81. The highest BCUT2D eigenvalue weighted by Gasteiger charge is 2.16. The minimum atomic E-state index is 0. The summed E-state index contributed by atoms with van der Waals surface area (Å²) in [6, 6.07) is 4.53. The molecule has 20 heavy (non-hydrogen) atoms. The highest BCUT2D eigenvalue weighted by atomic mass is 35.5. The van der Waals surface area contributed by atoms with Crippen LogP contribution in [0.1, 0.15) is 35.9 Å². The predicted molar refractivity (Wildman–Crippen MR) is 87.8 cm³/mol. The van der Waals surface area contributed by atoms with E-state index in [0.717, 1.165) is 25.9 Å². The van der Waals surface area contributed by atoms with E-state index in [0.29, 0.717) is 12.3 Å². The van der Waals surface area contributed by atoms with E-state index in [9.17, 15) is 4.79 Å². The monoisotopic (exact) mass is 316 g/mol. The van der Waals surface area contributed by atoms with Crippen LogP contribution in [0.2, 0.25) is 0 Å². The molecule has 1 aromatic heterocycles. The van der Waals surface area contributed by atoms with Crippen LogP contribution >= 0.6 is 23.7 Å². The lowest BCUT2D eigenvalue weighted by Gasteiger charge is -2.14. The van der Waals surface area contributed by atoms with E-state index in [2.05, 4.69) is 36.6 Å². The zero-order valence-corrected chi connectivity index (χ0v) is 13.9. The lowest BCUT2D eigenvalue weighted by atomic mass is 10.0. The summed E-state index contributed by atoms with van der Waals surface area (Å²) in [4.78, 5) is 14.6. The van der Waals surface area contributed by atoms with Crippen molar-refractivity contribution in [2.45, 2.75) is 45.6 Å². The molecule has 0 aliphatic carbocycles. The number of halogens is 1. The lowest BCUT2D eigenvalue weighted by Crippen LogP contribution is -2.34. The van der Waals surface area contributed by atoms with Gasteiger partial charge in [0, 0.05) is 28.6 Å². The SMILES string of the molecule is Cc1ccc(CC(C)NC(=O)CCC2CCNC2)s1.Cl. The number of hydrogen-bond donors (Lipinski definition) is 2.